The number of nitrogen functional groups attached to an aromatic ring is 1. The fraction of sp³-hybridized carbons (Fsp3) is 0.600. The van der Waals surface area contributed by atoms with Gasteiger partial charge >= 0.3 is 6.18 Å². The molecule has 1 aromatic heterocycles. The van der Waals surface area contributed by atoms with Crippen LogP contribution in [-0.4, -0.2) is 29.4 Å². The van der Waals surface area contributed by atoms with Crippen molar-refractivity contribution >= 4 is 5.69 Å². The molecule has 5 nitrogen and oxygen atoms in total. The van der Waals surface area contributed by atoms with Gasteiger partial charge in [-0.15, -0.1) is 0 Å². The van der Waals surface area contributed by atoms with Crippen molar-refractivity contribution in [3.63, 3.8) is 0 Å². The van der Waals surface area contributed by atoms with Crippen molar-refractivity contribution in [3.05, 3.63) is 6.33 Å². The molecule has 0 aliphatic rings. The van der Waals surface area contributed by atoms with Gasteiger partial charge in [0, 0.05) is 0 Å². The number of hydrogen-bond donors (Lipinski definition) is 1. The van der Waals surface area contributed by atoms with E-state index in [9.17, 15) is 13.2 Å². The molecule has 1 aromatic rings. The van der Waals surface area contributed by atoms with Crippen LogP contribution in [0.1, 0.15) is 19.8 Å². The van der Waals surface area contributed by atoms with Crippen LogP contribution in [0.25, 0.3) is 0 Å². The molecule has 0 aliphatic carbocycles. The first kappa shape index (κ1) is 14.3. The van der Waals surface area contributed by atoms with Crippen molar-refractivity contribution in [1.29, 1.82) is 0 Å². The monoisotopic (exact) mass is 265 g/mol. The first-order valence-corrected chi connectivity index (χ1v) is 5.37. The lowest BCUT2D eigenvalue weighted by molar-refractivity contribution is -0.139. The Balaban J connectivity index is 2.60. The molecule has 0 saturated carbocycles. The molecule has 0 unspecified atom stereocenters. The fourth-order valence-corrected chi connectivity index (χ4v) is 1.06. The molecule has 0 aliphatic heterocycles. The van der Waals surface area contributed by atoms with E-state index in [0.29, 0.717) is 6.61 Å². The van der Waals surface area contributed by atoms with Gasteiger partial charge in [0.15, 0.2) is 5.69 Å². The zero-order valence-corrected chi connectivity index (χ0v) is 9.83. The van der Waals surface area contributed by atoms with Crippen molar-refractivity contribution in [2.24, 2.45) is 0 Å². The van der Waals surface area contributed by atoms with Gasteiger partial charge in [-0.2, -0.15) is 23.1 Å². The highest BCUT2D eigenvalue weighted by Crippen LogP contribution is 2.27. The molecule has 18 heavy (non-hydrogen) atoms. The Hall–Kier alpha value is -1.73. The van der Waals surface area contributed by atoms with Gasteiger partial charge in [-0.1, -0.05) is 6.92 Å². The summed E-state index contributed by atoms with van der Waals surface area (Å²) in [5.74, 6) is 0.0224. The van der Waals surface area contributed by atoms with Crippen molar-refractivity contribution < 1.29 is 22.6 Å². The second-order valence-electron chi connectivity index (χ2n) is 3.46. The molecule has 2 N–H and O–H groups in total. The van der Waals surface area contributed by atoms with Gasteiger partial charge < -0.3 is 15.2 Å². The Morgan fingerprint density at radius 2 is 1.72 bits per heavy atom. The maximum atomic E-state index is 11.9. The van der Waals surface area contributed by atoms with Crippen LogP contribution < -0.4 is 15.2 Å². The van der Waals surface area contributed by atoms with Crippen molar-refractivity contribution in [2.45, 2.75) is 25.9 Å². The van der Waals surface area contributed by atoms with Gasteiger partial charge in [0.1, 0.15) is 6.33 Å². The number of nitrogens with zero attached hydrogens (tertiary/aromatic N) is 2. The zero-order valence-electron chi connectivity index (χ0n) is 9.83. The third-order valence-electron chi connectivity index (χ3n) is 1.88. The fourth-order valence-electron chi connectivity index (χ4n) is 1.06. The maximum absolute atomic E-state index is 11.9. The first-order chi connectivity index (χ1) is 8.44. The van der Waals surface area contributed by atoms with E-state index in [0.717, 1.165) is 12.7 Å². The molecule has 0 aromatic carbocycles. The Kier molecular flexibility index (Phi) is 4.99. The number of hydrogen-bond acceptors (Lipinski definition) is 5. The Morgan fingerprint density at radius 3 is 2.22 bits per heavy atom. The summed E-state index contributed by atoms with van der Waals surface area (Å²) in [5.41, 5.74) is 5.63. The molecular weight excluding hydrogens is 251 g/mol. The van der Waals surface area contributed by atoms with E-state index >= 15 is 0 Å². The van der Waals surface area contributed by atoms with Crippen LogP contribution >= 0.6 is 0 Å². The molecule has 0 atom stereocenters. The molecule has 0 fully saturated rings. The average Bonchev–Trinajstić information content (AvgIpc) is 2.28. The van der Waals surface area contributed by atoms with Crippen molar-refractivity contribution in [3.8, 4) is 11.8 Å². The lowest BCUT2D eigenvalue weighted by atomic mass is 10.4. The second kappa shape index (κ2) is 6.27. The topological polar surface area (TPSA) is 70.3 Å². The largest absolute Gasteiger partial charge is 0.476 e. The number of nitrogens with two attached hydrogens (primary N) is 1. The molecule has 0 spiro atoms. The first-order valence-electron chi connectivity index (χ1n) is 5.37. The summed E-state index contributed by atoms with van der Waals surface area (Å²) in [6.07, 6.45) is -3.46. The number of alkyl halides is 3. The minimum Gasteiger partial charge on any atom is -0.476 e. The number of aromatic nitrogens is 2. The summed E-state index contributed by atoms with van der Waals surface area (Å²) in [5, 5.41) is 0. The standard InChI is InChI=1S/C10H14F3N3O2/c1-2-4-17-8-7(14)9(16-6-15-8)18-5-3-10(11,12)13/h6H,2-5,14H2,1H3. The van der Waals surface area contributed by atoms with Crippen LogP contribution in [0, 0.1) is 0 Å². The molecule has 1 rings (SSSR count). The summed E-state index contributed by atoms with van der Waals surface area (Å²) in [6, 6.07) is 0. The summed E-state index contributed by atoms with van der Waals surface area (Å²) < 4.78 is 45.9. The second-order valence-corrected chi connectivity index (χ2v) is 3.46. The third kappa shape index (κ3) is 4.64. The van der Waals surface area contributed by atoms with Gasteiger partial charge in [0.2, 0.25) is 11.8 Å². The van der Waals surface area contributed by atoms with Crippen LogP contribution in [0.15, 0.2) is 6.33 Å². The average molecular weight is 265 g/mol. The van der Waals surface area contributed by atoms with Crippen LogP contribution in [0.2, 0.25) is 0 Å². The number of rotatable bonds is 6. The number of halogens is 3. The van der Waals surface area contributed by atoms with E-state index in [4.69, 9.17) is 15.2 Å². The Labute approximate surface area is 102 Å². The quantitative estimate of drug-likeness (QED) is 0.853. The van der Waals surface area contributed by atoms with Gasteiger partial charge in [0.25, 0.3) is 0 Å². The Morgan fingerprint density at radius 1 is 1.17 bits per heavy atom. The van der Waals surface area contributed by atoms with E-state index in [-0.39, 0.29) is 17.4 Å². The van der Waals surface area contributed by atoms with E-state index in [2.05, 4.69) is 9.97 Å². The van der Waals surface area contributed by atoms with Crippen molar-refractivity contribution in [2.75, 3.05) is 18.9 Å². The molecule has 1 heterocycles. The highest BCUT2D eigenvalue weighted by Gasteiger charge is 2.27. The number of ether oxygens (including phenoxy) is 2. The summed E-state index contributed by atoms with van der Waals surface area (Å²) in [6.45, 7) is 1.76. The van der Waals surface area contributed by atoms with E-state index in [1.807, 2.05) is 6.92 Å². The lowest BCUT2D eigenvalue weighted by Crippen LogP contribution is -2.14. The molecule has 0 saturated heterocycles. The smallest absolute Gasteiger partial charge is 0.392 e. The predicted molar refractivity (Wildman–Crippen MR) is 58.4 cm³/mol. The van der Waals surface area contributed by atoms with Crippen LogP contribution in [0.3, 0.4) is 0 Å². The SMILES string of the molecule is CCCOc1ncnc(OCCC(F)(F)F)c1N. The highest BCUT2D eigenvalue weighted by molar-refractivity contribution is 5.55. The zero-order chi connectivity index (χ0) is 13.6. The summed E-state index contributed by atoms with van der Waals surface area (Å²) in [4.78, 5) is 7.43. The minimum absolute atomic E-state index is 0.00752. The lowest BCUT2D eigenvalue weighted by Gasteiger charge is -2.11. The predicted octanol–water partition coefficient (Wildman–Crippen LogP) is 2.18. The molecule has 102 valence electrons. The van der Waals surface area contributed by atoms with Crippen LogP contribution in [0.4, 0.5) is 18.9 Å². The van der Waals surface area contributed by atoms with Gasteiger partial charge in [-0.3, -0.25) is 0 Å². The normalized spacial score (nSPS) is 11.3. The number of anilines is 1. The molecule has 0 bridgehead atoms. The van der Waals surface area contributed by atoms with Gasteiger partial charge in [-0.25, -0.2) is 0 Å². The van der Waals surface area contributed by atoms with Crippen molar-refractivity contribution in [1.82, 2.24) is 9.97 Å². The summed E-state index contributed by atoms with van der Waals surface area (Å²) >= 11 is 0. The van der Waals surface area contributed by atoms with Gasteiger partial charge in [0.05, 0.1) is 19.6 Å². The maximum Gasteiger partial charge on any atom is 0.392 e. The highest BCUT2D eigenvalue weighted by atomic mass is 19.4. The molecular formula is C10H14F3N3O2. The summed E-state index contributed by atoms with van der Waals surface area (Å²) in [7, 11) is 0. The van der Waals surface area contributed by atoms with Crippen LogP contribution in [0.5, 0.6) is 11.8 Å². The van der Waals surface area contributed by atoms with Gasteiger partial charge in [-0.05, 0) is 6.42 Å². The van der Waals surface area contributed by atoms with Crippen LogP contribution in [-0.2, 0) is 0 Å². The third-order valence-corrected chi connectivity index (χ3v) is 1.88. The molecule has 8 heteroatoms. The minimum atomic E-state index is -4.27. The van der Waals surface area contributed by atoms with E-state index in [1.165, 1.54) is 0 Å². The van der Waals surface area contributed by atoms with E-state index in [1.54, 1.807) is 0 Å². The Bertz CT molecular complexity index is 385. The van der Waals surface area contributed by atoms with E-state index < -0.39 is 19.2 Å². The molecule has 0 amide bonds. The molecule has 0 radical (unpaired) electrons.